The van der Waals surface area contributed by atoms with E-state index in [1.54, 1.807) is 4.68 Å². The Kier molecular flexibility index (Phi) is 4.99. The maximum atomic E-state index is 13.3. The molecule has 5 nitrogen and oxygen atoms in total. The Balaban J connectivity index is 1.55. The number of para-hydroxylation sites is 1. The van der Waals surface area contributed by atoms with Gasteiger partial charge >= 0.3 is 0 Å². The molecule has 4 rings (SSSR count). The minimum Gasteiger partial charge on any atom is -0.335 e. The highest BCUT2D eigenvalue weighted by molar-refractivity contribution is 5.80. The Bertz CT molecular complexity index is 695. The Hall–Kier alpha value is -1.91. The number of aromatic nitrogens is 3. The van der Waals surface area contributed by atoms with Crippen LogP contribution in [0.1, 0.15) is 64.2 Å². The zero-order chi connectivity index (χ0) is 17.1. The van der Waals surface area contributed by atoms with E-state index in [0.29, 0.717) is 18.6 Å². The Labute approximate surface area is 149 Å². The van der Waals surface area contributed by atoms with Crippen molar-refractivity contribution in [3.63, 3.8) is 0 Å². The molecule has 0 bridgehead atoms. The summed E-state index contributed by atoms with van der Waals surface area (Å²) in [5, 5.41) is 8.43. The summed E-state index contributed by atoms with van der Waals surface area (Å²) in [5.41, 5.74) is 1.81. The molecule has 0 radical (unpaired) electrons. The van der Waals surface area contributed by atoms with E-state index in [2.05, 4.69) is 15.2 Å². The van der Waals surface area contributed by atoms with E-state index in [1.807, 2.05) is 24.3 Å². The van der Waals surface area contributed by atoms with E-state index in [4.69, 9.17) is 0 Å². The molecule has 2 saturated carbocycles. The number of carbonyl (C=O) groups is 1. The van der Waals surface area contributed by atoms with Crippen molar-refractivity contribution in [2.75, 3.05) is 0 Å². The predicted molar refractivity (Wildman–Crippen MR) is 98.1 cm³/mol. The Morgan fingerprint density at radius 3 is 2.20 bits per heavy atom. The lowest BCUT2D eigenvalue weighted by atomic mass is 9.88. The average Bonchev–Trinajstić information content (AvgIpc) is 3.07. The van der Waals surface area contributed by atoms with Gasteiger partial charge in [-0.2, -0.15) is 0 Å². The summed E-state index contributed by atoms with van der Waals surface area (Å²) in [6, 6.07) is 8.74. The van der Waals surface area contributed by atoms with Crippen LogP contribution < -0.4 is 0 Å². The van der Waals surface area contributed by atoms with Gasteiger partial charge in [-0.3, -0.25) is 4.79 Å². The van der Waals surface area contributed by atoms with Gasteiger partial charge in [-0.05, 0) is 37.8 Å². The predicted octanol–water partition coefficient (Wildman–Crippen LogP) is 3.93. The first-order chi connectivity index (χ1) is 12.3. The fraction of sp³-hybridized carbons (Fsp3) is 0.650. The van der Waals surface area contributed by atoms with Crippen molar-refractivity contribution >= 4 is 16.9 Å². The number of amides is 1. The molecule has 0 aliphatic heterocycles. The van der Waals surface area contributed by atoms with Gasteiger partial charge < -0.3 is 4.90 Å². The van der Waals surface area contributed by atoms with Gasteiger partial charge in [0.1, 0.15) is 12.1 Å². The molecule has 2 aromatic rings. The number of benzene rings is 1. The molecule has 0 unspecified atom stereocenters. The molecule has 25 heavy (non-hydrogen) atoms. The maximum absolute atomic E-state index is 13.3. The maximum Gasteiger partial charge on any atom is 0.244 e. The molecule has 1 aromatic heterocycles. The zero-order valence-electron chi connectivity index (χ0n) is 14.9. The standard InChI is InChI=1S/C20H28N4O/c25-20(15-23-19-14-8-7-13-18(19)21-22-23)24(16-9-3-1-4-10-16)17-11-5-2-6-12-17/h7-8,13-14,16-17H,1-6,9-12,15H2. The summed E-state index contributed by atoms with van der Waals surface area (Å²) in [6.07, 6.45) is 12.3. The van der Waals surface area contributed by atoms with Crippen LogP contribution in [0, 0.1) is 0 Å². The number of hydrogen-bond acceptors (Lipinski definition) is 3. The smallest absolute Gasteiger partial charge is 0.244 e. The van der Waals surface area contributed by atoms with Crippen molar-refractivity contribution in [2.24, 2.45) is 0 Å². The van der Waals surface area contributed by atoms with E-state index >= 15 is 0 Å². The molecule has 1 heterocycles. The first-order valence-electron chi connectivity index (χ1n) is 9.92. The minimum absolute atomic E-state index is 0.231. The van der Waals surface area contributed by atoms with Crippen molar-refractivity contribution in [1.29, 1.82) is 0 Å². The number of nitrogens with zero attached hydrogens (tertiary/aromatic N) is 4. The summed E-state index contributed by atoms with van der Waals surface area (Å²) in [7, 11) is 0. The first-order valence-corrected chi connectivity index (χ1v) is 9.92. The third-order valence-corrected chi connectivity index (χ3v) is 5.93. The molecule has 2 aliphatic carbocycles. The van der Waals surface area contributed by atoms with Gasteiger partial charge in [-0.25, -0.2) is 4.68 Å². The summed E-state index contributed by atoms with van der Waals surface area (Å²) in [6.45, 7) is 0.313. The van der Waals surface area contributed by atoms with Crippen LogP contribution in [0.25, 0.3) is 11.0 Å². The van der Waals surface area contributed by atoms with Crippen LogP contribution in [-0.2, 0) is 11.3 Å². The van der Waals surface area contributed by atoms with Gasteiger partial charge in [0.05, 0.1) is 5.52 Å². The number of fused-ring (bicyclic) bond motifs is 1. The van der Waals surface area contributed by atoms with E-state index in [0.717, 1.165) is 11.0 Å². The number of hydrogen-bond donors (Lipinski definition) is 0. The Morgan fingerprint density at radius 2 is 1.56 bits per heavy atom. The highest BCUT2D eigenvalue weighted by atomic mass is 16.2. The Morgan fingerprint density at radius 1 is 0.960 bits per heavy atom. The fourth-order valence-electron chi connectivity index (χ4n) is 4.67. The van der Waals surface area contributed by atoms with Gasteiger partial charge in [0.15, 0.2) is 0 Å². The fourth-order valence-corrected chi connectivity index (χ4v) is 4.67. The number of rotatable bonds is 4. The third kappa shape index (κ3) is 3.55. The molecule has 1 amide bonds. The van der Waals surface area contributed by atoms with Crippen LogP contribution in [0.5, 0.6) is 0 Å². The third-order valence-electron chi connectivity index (χ3n) is 5.93. The van der Waals surface area contributed by atoms with Gasteiger partial charge in [-0.15, -0.1) is 5.10 Å². The normalized spacial score (nSPS) is 20.0. The lowest BCUT2D eigenvalue weighted by Crippen LogP contribution is -2.50. The van der Waals surface area contributed by atoms with Crippen LogP contribution in [0.4, 0.5) is 0 Å². The van der Waals surface area contributed by atoms with Crippen LogP contribution >= 0.6 is 0 Å². The second-order valence-electron chi connectivity index (χ2n) is 7.62. The molecular weight excluding hydrogens is 312 g/mol. The van der Waals surface area contributed by atoms with Crippen LogP contribution in [0.3, 0.4) is 0 Å². The SMILES string of the molecule is O=C(Cn1nnc2ccccc21)N(C1CCCCC1)C1CCCCC1. The van der Waals surface area contributed by atoms with Gasteiger partial charge in [0.2, 0.25) is 5.91 Å². The van der Waals surface area contributed by atoms with E-state index in [-0.39, 0.29) is 5.91 Å². The van der Waals surface area contributed by atoms with Gasteiger partial charge in [-0.1, -0.05) is 55.9 Å². The van der Waals surface area contributed by atoms with Crippen LogP contribution in [-0.4, -0.2) is 37.9 Å². The first kappa shape index (κ1) is 16.6. The van der Waals surface area contributed by atoms with E-state index in [1.165, 1.54) is 64.2 Å². The molecule has 0 atom stereocenters. The topological polar surface area (TPSA) is 51.0 Å². The molecule has 2 fully saturated rings. The molecule has 0 saturated heterocycles. The lowest BCUT2D eigenvalue weighted by Gasteiger charge is -2.41. The summed E-state index contributed by atoms with van der Waals surface area (Å²) in [5.74, 6) is 0.231. The van der Waals surface area contributed by atoms with Crippen molar-refractivity contribution in [2.45, 2.75) is 82.8 Å². The molecule has 0 N–H and O–H groups in total. The molecular formula is C20H28N4O. The molecule has 5 heteroatoms. The number of carbonyl (C=O) groups excluding carboxylic acids is 1. The van der Waals surface area contributed by atoms with E-state index < -0.39 is 0 Å². The largest absolute Gasteiger partial charge is 0.335 e. The van der Waals surface area contributed by atoms with Gasteiger partial charge in [0.25, 0.3) is 0 Å². The van der Waals surface area contributed by atoms with Crippen molar-refractivity contribution in [3.05, 3.63) is 24.3 Å². The van der Waals surface area contributed by atoms with Gasteiger partial charge in [0, 0.05) is 12.1 Å². The van der Waals surface area contributed by atoms with E-state index in [9.17, 15) is 4.79 Å². The average molecular weight is 340 g/mol. The molecule has 134 valence electrons. The second-order valence-corrected chi connectivity index (χ2v) is 7.62. The summed E-state index contributed by atoms with van der Waals surface area (Å²) in [4.78, 5) is 15.5. The zero-order valence-corrected chi connectivity index (χ0v) is 14.9. The summed E-state index contributed by atoms with van der Waals surface area (Å²) >= 11 is 0. The highest BCUT2D eigenvalue weighted by Crippen LogP contribution is 2.30. The van der Waals surface area contributed by atoms with Crippen LogP contribution in [0.2, 0.25) is 0 Å². The monoisotopic (exact) mass is 340 g/mol. The van der Waals surface area contributed by atoms with Crippen molar-refractivity contribution in [3.8, 4) is 0 Å². The molecule has 1 aromatic carbocycles. The summed E-state index contributed by atoms with van der Waals surface area (Å²) < 4.78 is 1.77. The minimum atomic E-state index is 0.231. The van der Waals surface area contributed by atoms with Crippen molar-refractivity contribution in [1.82, 2.24) is 19.9 Å². The van der Waals surface area contributed by atoms with Crippen LogP contribution in [0.15, 0.2) is 24.3 Å². The molecule has 2 aliphatic rings. The lowest BCUT2D eigenvalue weighted by molar-refractivity contribution is -0.138. The highest BCUT2D eigenvalue weighted by Gasteiger charge is 2.32. The quantitative estimate of drug-likeness (QED) is 0.847. The van der Waals surface area contributed by atoms with Crippen molar-refractivity contribution < 1.29 is 4.79 Å². The molecule has 0 spiro atoms. The second kappa shape index (κ2) is 7.54.